The van der Waals surface area contributed by atoms with Gasteiger partial charge in [0.25, 0.3) is 0 Å². The van der Waals surface area contributed by atoms with Crippen LogP contribution in [0.3, 0.4) is 0 Å². The summed E-state index contributed by atoms with van der Waals surface area (Å²) in [6.07, 6.45) is 2.79. The number of hydrogen-bond donors (Lipinski definition) is 1. The number of hydrogen-bond acceptors (Lipinski definition) is 2. The van der Waals surface area contributed by atoms with Gasteiger partial charge < -0.3 is 10.2 Å². The zero-order valence-corrected chi connectivity index (χ0v) is 8.05. The molecule has 2 atom stereocenters. The van der Waals surface area contributed by atoms with E-state index in [1.807, 2.05) is 0 Å². The van der Waals surface area contributed by atoms with Gasteiger partial charge >= 0.3 is 0 Å². The highest BCUT2D eigenvalue weighted by Gasteiger charge is 2.29. The standard InChI is InChI=1S/C10H20N2/c1-2-3-12-7-9-4-10(8-12)6-11-5-9/h9-11H,2-8H2,1H3/t9-,10-/m1/s1. The molecule has 0 aromatic carbocycles. The predicted molar refractivity (Wildman–Crippen MR) is 51.2 cm³/mol. The van der Waals surface area contributed by atoms with E-state index in [9.17, 15) is 0 Å². The molecule has 70 valence electrons. The third kappa shape index (κ3) is 1.80. The van der Waals surface area contributed by atoms with Crippen LogP contribution in [0.25, 0.3) is 0 Å². The van der Waals surface area contributed by atoms with Gasteiger partial charge in [-0.25, -0.2) is 0 Å². The van der Waals surface area contributed by atoms with Crippen molar-refractivity contribution in [3.63, 3.8) is 0 Å². The number of fused-ring (bicyclic) bond motifs is 2. The van der Waals surface area contributed by atoms with E-state index >= 15 is 0 Å². The van der Waals surface area contributed by atoms with Crippen LogP contribution in [0.2, 0.25) is 0 Å². The Kier molecular flexibility index (Phi) is 2.66. The van der Waals surface area contributed by atoms with E-state index in [2.05, 4.69) is 17.1 Å². The second kappa shape index (κ2) is 3.75. The molecule has 2 fully saturated rings. The highest BCUT2D eigenvalue weighted by Crippen LogP contribution is 2.24. The molecule has 0 saturated carbocycles. The van der Waals surface area contributed by atoms with Crippen LogP contribution in [0.1, 0.15) is 19.8 Å². The molecule has 0 spiro atoms. The summed E-state index contributed by atoms with van der Waals surface area (Å²) in [6, 6.07) is 0. The summed E-state index contributed by atoms with van der Waals surface area (Å²) in [6.45, 7) is 8.80. The van der Waals surface area contributed by atoms with Gasteiger partial charge in [-0.2, -0.15) is 0 Å². The number of piperidine rings is 2. The van der Waals surface area contributed by atoms with Crippen LogP contribution in [-0.2, 0) is 0 Å². The third-order valence-electron chi connectivity index (χ3n) is 3.11. The Hall–Kier alpha value is -0.0800. The van der Waals surface area contributed by atoms with E-state index in [4.69, 9.17) is 0 Å². The Morgan fingerprint density at radius 1 is 1.25 bits per heavy atom. The van der Waals surface area contributed by atoms with E-state index in [1.54, 1.807) is 0 Å². The SMILES string of the molecule is CCCN1C[C@H]2CNC[C@@H](C2)C1. The molecule has 2 saturated heterocycles. The van der Waals surface area contributed by atoms with Gasteiger partial charge in [0, 0.05) is 13.1 Å². The minimum Gasteiger partial charge on any atom is -0.316 e. The van der Waals surface area contributed by atoms with Crippen LogP contribution in [0.4, 0.5) is 0 Å². The fourth-order valence-corrected chi connectivity index (χ4v) is 2.71. The average molecular weight is 168 g/mol. The van der Waals surface area contributed by atoms with E-state index in [0.717, 1.165) is 11.8 Å². The molecule has 2 rings (SSSR count). The molecule has 2 heterocycles. The number of rotatable bonds is 2. The lowest BCUT2D eigenvalue weighted by molar-refractivity contribution is 0.0976. The number of nitrogens with zero attached hydrogens (tertiary/aromatic N) is 1. The lowest BCUT2D eigenvalue weighted by atomic mass is 9.86. The summed E-state index contributed by atoms with van der Waals surface area (Å²) in [4.78, 5) is 2.65. The first-order valence-electron chi connectivity index (χ1n) is 5.31. The summed E-state index contributed by atoms with van der Waals surface area (Å²) >= 11 is 0. The molecule has 0 aromatic heterocycles. The third-order valence-corrected chi connectivity index (χ3v) is 3.11. The summed E-state index contributed by atoms with van der Waals surface area (Å²) in [5.74, 6) is 1.90. The van der Waals surface area contributed by atoms with Crippen molar-refractivity contribution in [2.24, 2.45) is 11.8 Å². The van der Waals surface area contributed by atoms with Crippen molar-refractivity contribution < 1.29 is 0 Å². The van der Waals surface area contributed by atoms with Gasteiger partial charge in [0.2, 0.25) is 0 Å². The molecule has 0 unspecified atom stereocenters. The van der Waals surface area contributed by atoms with Crippen LogP contribution in [0.15, 0.2) is 0 Å². The van der Waals surface area contributed by atoms with Gasteiger partial charge in [-0.15, -0.1) is 0 Å². The molecule has 2 nitrogen and oxygen atoms in total. The van der Waals surface area contributed by atoms with Gasteiger partial charge in [0.15, 0.2) is 0 Å². The first-order valence-corrected chi connectivity index (χ1v) is 5.31. The first-order chi connectivity index (χ1) is 5.88. The molecular formula is C10H20N2. The topological polar surface area (TPSA) is 15.3 Å². The summed E-state index contributed by atoms with van der Waals surface area (Å²) in [5, 5.41) is 3.52. The lowest BCUT2D eigenvalue weighted by Gasteiger charge is -2.41. The Bertz CT molecular complexity index is 135. The van der Waals surface area contributed by atoms with Gasteiger partial charge in [0.1, 0.15) is 0 Å². The van der Waals surface area contributed by atoms with Crippen molar-refractivity contribution >= 4 is 0 Å². The maximum atomic E-state index is 3.52. The van der Waals surface area contributed by atoms with Crippen molar-refractivity contribution in [1.82, 2.24) is 10.2 Å². The molecule has 2 bridgehead atoms. The van der Waals surface area contributed by atoms with Crippen molar-refractivity contribution in [1.29, 1.82) is 0 Å². The normalized spacial score (nSPS) is 36.8. The van der Waals surface area contributed by atoms with Crippen LogP contribution in [0.5, 0.6) is 0 Å². The molecule has 2 heteroatoms. The van der Waals surface area contributed by atoms with Crippen molar-refractivity contribution in [3.05, 3.63) is 0 Å². The van der Waals surface area contributed by atoms with Crippen molar-refractivity contribution in [2.75, 3.05) is 32.7 Å². The predicted octanol–water partition coefficient (Wildman–Crippen LogP) is 0.938. The maximum absolute atomic E-state index is 3.52. The van der Waals surface area contributed by atoms with Gasteiger partial charge in [-0.1, -0.05) is 6.92 Å². The molecular weight excluding hydrogens is 148 g/mol. The van der Waals surface area contributed by atoms with E-state index in [1.165, 1.54) is 45.6 Å². The molecule has 12 heavy (non-hydrogen) atoms. The van der Waals surface area contributed by atoms with Crippen LogP contribution < -0.4 is 5.32 Å². The molecule has 0 amide bonds. The van der Waals surface area contributed by atoms with Gasteiger partial charge in [0.05, 0.1) is 0 Å². The zero-order chi connectivity index (χ0) is 8.39. The molecule has 0 radical (unpaired) electrons. The Labute approximate surface area is 75.3 Å². The quantitative estimate of drug-likeness (QED) is 0.660. The summed E-state index contributed by atoms with van der Waals surface area (Å²) < 4.78 is 0. The van der Waals surface area contributed by atoms with Crippen molar-refractivity contribution in [3.8, 4) is 0 Å². The number of nitrogens with one attached hydrogen (secondary N) is 1. The molecule has 0 aliphatic carbocycles. The maximum Gasteiger partial charge on any atom is 0.00220 e. The highest BCUT2D eigenvalue weighted by molar-refractivity contribution is 4.85. The Morgan fingerprint density at radius 2 is 1.92 bits per heavy atom. The second-order valence-electron chi connectivity index (χ2n) is 4.39. The smallest absolute Gasteiger partial charge is 0.00220 e. The van der Waals surface area contributed by atoms with Crippen LogP contribution >= 0.6 is 0 Å². The summed E-state index contributed by atoms with van der Waals surface area (Å²) in [7, 11) is 0. The van der Waals surface area contributed by atoms with Crippen LogP contribution in [-0.4, -0.2) is 37.6 Å². The molecule has 2 aliphatic rings. The lowest BCUT2D eigenvalue weighted by Crippen LogP contribution is -2.51. The summed E-state index contributed by atoms with van der Waals surface area (Å²) in [5.41, 5.74) is 0. The van der Waals surface area contributed by atoms with Crippen LogP contribution in [0, 0.1) is 11.8 Å². The van der Waals surface area contributed by atoms with E-state index < -0.39 is 0 Å². The fraction of sp³-hybridized carbons (Fsp3) is 1.00. The average Bonchev–Trinajstić information content (AvgIpc) is 2.04. The Morgan fingerprint density at radius 3 is 2.50 bits per heavy atom. The molecule has 1 N–H and O–H groups in total. The fourth-order valence-electron chi connectivity index (χ4n) is 2.71. The number of likely N-dealkylation sites (tertiary alicyclic amines) is 1. The minimum absolute atomic E-state index is 0.948. The highest BCUT2D eigenvalue weighted by atomic mass is 15.1. The van der Waals surface area contributed by atoms with Crippen molar-refractivity contribution in [2.45, 2.75) is 19.8 Å². The minimum atomic E-state index is 0.948. The second-order valence-corrected chi connectivity index (χ2v) is 4.39. The monoisotopic (exact) mass is 168 g/mol. The Balaban J connectivity index is 1.87. The molecule has 0 aromatic rings. The van der Waals surface area contributed by atoms with Gasteiger partial charge in [-0.05, 0) is 44.3 Å². The first kappa shape index (κ1) is 8.52. The van der Waals surface area contributed by atoms with E-state index in [0.29, 0.717) is 0 Å². The molecule has 2 aliphatic heterocycles. The van der Waals surface area contributed by atoms with Gasteiger partial charge in [-0.3, -0.25) is 0 Å². The van der Waals surface area contributed by atoms with E-state index in [-0.39, 0.29) is 0 Å². The zero-order valence-electron chi connectivity index (χ0n) is 8.05. The largest absolute Gasteiger partial charge is 0.316 e.